The molecule has 3 aromatic heterocycles. The Bertz CT molecular complexity index is 1180. The second kappa shape index (κ2) is 6.56. The highest BCUT2D eigenvalue weighted by Crippen LogP contribution is 2.25. The predicted octanol–water partition coefficient (Wildman–Crippen LogP) is 2.50. The lowest BCUT2D eigenvalue weighted by atomic mass is 10.1. The summed E-state index contributed by atoms with van der Waals surface area (Å²) >= 11 is 0. The number of hydrogen-bond donors (Lipinski definition) is 1. The summed E-state index contributed by atoms with van der Waals surface area (Å²) in [7, 11) is 1.32. The topological polar surface area (TPSA) is 98.7 Å². The van der Waals surface area contributed by atoms with Gasteiger partial charge in [0.1, 0.15) is 22.5 Å². The first-order valence-electron chi connectivity index (χ1n) is 8.25. The van der Waals surface area contributed by atoms with Crippen molar-refractivity contribution >= 4 is 28.5 Å². The van der Waals surface area contributed by atoms with Crippen molar-refractivity contribution in [3.05, 3.63) is 65.3 Å². The maximum atomic E-state index is 12.5. The van der Waals surface area contributed by atoms with Gasteiger partial charge in [-0.1, -0.05) is 0 Å². The SMILES string of the molecule is COC(=O)c1cc(C)cc2cc(CNC(=O)c3cnn4cccnc34)oc12. The fourth-order valence-corrected chi connectivity index (χ4v) is 2.96. The number of rotatable bonds is 4. The minimum absolute atomic E-state index is 0.164. The number of nitrogens with zero attached hydrogens (tertiary/aromatic N) is 3. The molecule has 1 N–H and O–H groups in total. The van der Waals surface area contributed by atoms with E-state index in [0.29, 0.717) is 28.1 Å². The molecule has 0 aliphatic carbocycles. The van der Waals surface area contributed by atoms with E-state index in [1.54, 1.807) is 30.6 Å². The molecule has 0 bridgehead atoms. The molecule has 1 aromatic carbocycles. The molecule has 0 radical (unpaired) electrons. The number of amides is 1. The molecule has 0 aliphatic heterocycles. The maximum Gasteiger partial charge on any atom is 0.341 e. The number of carbonyl (C=O) groups excluding carboxylic acids is 2. The smallest absolute Gasteiger partial charge is 0.341 e. The first kappa shape index (κ1) is 16.8. The van der Waals surface area contributed by atoms with Crippen LogP contribution in [0.1, 0.15) is 32.0 Å². The first-order chi connectivity index (χ1) is 13.1. The molecule has 136 valence electrons. The molecule has 0 saturated heterocycles. The van der Waals surface area contributed by atoms with E-state index in [2.05, 4.69) is 15.4 Å². The fourth-order valence-electron chi connectivity index (χ4n) is 2.96. The molecule has 1 amide bonds. The van der Waals surface area contributed by atoms with Crippen molar-refractivity contribution in [2.45, 2.75) is 13.5 Å². The Labute approximate surface area is 153 Å². The van der Waals surface area contributed by atoms with Gasteiger partial charge in [0.05, 0.1) is 19.9 Å². The number of aryl methyl sites for hydroxylation is 1. The van der Waals surface area contributed by atoms with Crippen molar-refractivity contribution in [2.75, 3.05) is 7.11 Å². The Morgan fingerprint density at radius 1 is 1.26 bits per heavy atom. The lowest BCUT2D eigenvalue weighted by molar-refractivity contribution is 0.0601. The van der Waals surface area contributed by atoms with Crippen LogP contribution < -0.4 is 5.32 Å². The van der Waals surface area contributed by atoms with Gasteiger partial charge in [-0.25, -0.2) is 14.3 Å². The number of aromatic nitrogens is 3. The highest BCUT2D eigenvalue weighted by atomic mass is 16.5. The average molecular weight is 364 g/mol. The summed E-state index contributed by atoms with van der Waals surface area (Å²) < 4.78 is 12.1. The van der Waals surface area contributed by atoms with Gasteiger partial charge in [-0.05, 0) is 36.8 Å². The number of esters is 1. The minimum Gasteiger partial charge on any atom is -0.465 e. The lowest BCUT2D eigenvalue weighted by Crippen LogP contribution is -2.22. The van der Waals surface area contributed by atoms with Crippen LogP contribution in [0, 0.1) is 6.92 Å². The predicted molar refractivity (Wildman–Crippen MR) is 96.4 cm³/mol. The molecular formula is C19H16N4O4. The van der Waals surface area contributed by atoms with E-state index in [-0.39, 0.29) is 12.5 Å². The van der Waals surface area contributed by atoms with Crippen molar-refractivity contribution < 1.29 is 18.7 Å². The Morgan fingerprint density at radius 2 is 2.11 bits per heavy atom. The molecule has 27 heavy (non-hydrogen) atoms. The van der Waals surface area contributed by atoms with Gasteiger partial charge in [-0.3, -0.25) is 4.79 Å². The van der Waals surface area contributed by atoms with Gasteiger partial charge in [0.15, 0.2) is 5.65 Å². The number of furan rings is 1. The zero-order valence-electron chi connectivity index (χ0n) is 14.7. The molecular weight excluding hydrogens is 348 g/mol. The molecule has 8 heteroatoms. The third-order valence-electron chi connectivity index (χ3n) is 4.16. The van der Waals surface area contributed by atoms with E-state index in [9.17, 15) is 9.59 Å². The Hall–Kier alpha value is -3.68. The van der Waals surface area contributed by atoms with Gasteiger partial charge in [0.25, 0.3) is 5.91 Å². The van der Waals surface area contributed by atoms with Gasteiger partial charge >= 0.3 is 5.97 Å². The largest absolute Gasteiger partial charge is 0.465 e. The van der Waals surface area contributed by atoms with E-state index >= 15 is 0 Å². The molecule has 3 heterocycles. The standard InChI is InChI=1S/C19H16N4O4/c1-11-6-12-8-13(27-16(12)14(7-11)19(25)26-2)9-21-18(24)15-10-22-23-5-3-4-20-17(15)23/h3-8,10H,9H2,1-2H3,(H,21,24). The summed E-state index contributed by atoms with van der Waals surface area (Å²) in [5.74, 6) is -0.252. The third-order valence-corrected chi connectivity index (χ3v) is 4.16. The van der Waals surface area contributed by atoms with Gasteiger partial charge in [0.2, 0.25) is 0 Å². The monoisotopic (exact) mass is 364 g/mol. The summed E-state index contributed by atoms with van der Waals surface area (Å²) in [4.78, 5) is 28.6. The van der Waals surface area contributed by atoms with Crippen LogP contribution in [-0.2, 0) is 11.3 Å². The maximum absolute atomic E-state index is 12.5. The van der Waals surface area contributed by atoms with Crippen LogP contribution in [0.4, 0.5) is 0 Å². The van der Waals surface area contributed by atoms with Crippen molar-refractivity contribution in [3.63, 3.8) is 0 Å². The lowest BCUT2D eigenvalue weighted by Gasteiger charge is -2.02. The second-order valence-electron chi connectivity index (χ2n) is 6.06. The van der Waals surface area contributed by atoms with Crippen LogP contribution in [-0.4, -0.2) is 33.6 Å². The average Bonchev–Trinajstić information content (AvgIpc) is 3.28. The summed E-state index contributed by atoms with van der Waals surface area (Å²) in [5, 5.41) is 7.66. The molecule has 8 nitrogen and oxygen atoms in total. The summed E-state index contributed by atoms with van der Waals surface area (Å²) in [5.41, 5.74) is 2.56. The normalized spacial score (nSPS) is 11.0. The quantitative estimate of drug-likeness (QED) is 0.559. The summed E-state index contributed by atoms with van der Waals surface area (Å²) in [6.07, 6.45) is 4.79. The third kappa shape index (κ3) is 3.01. The highest BCUT2D eigenvalue weighted by molar-refractivity contribution is 6.02. The van der Waals surface area contributed by atoms with Crippen LogP contribution >= 0.6 is 0 Å². The van der Waals surface area contributed by atoms with Gasteiger partial charge in [-0.15, -0.1) is 0 Å². The Morgan fingerprint density at radius 3 is 2.93 bits per heavy atom. The van der Waals surface area contributed by atoms with Crippen molar-refractivity contribution in [2.24, 2.45) is 0 Å². The number of methoxy groups -OCH3 is 1. The molecule has 4 aromatic rings. The number of nitrogens with one attached hydrogen (secondary N) is 1. The van der Waals surface area contributed by atoms with Crippen LogP contribution in [0.15, 0.2) is 47.3 Å². The summed E-state index contributed by atoms with van der Waals surface area (Å²) in [6, 6.07) is 7.15. The first-order valence-corrected chi connectivity index (χ1v) is 8.25. The van der Waals surface area contributed by atoms with Gasteiger partial charge in [0, 0.05) is 17.8 Å². The zero-order valence-corrected chi connectivity index (χ0v) is 14.7. The van der Waals surface area contributed by atoms with Crippen LogP contribution in [0.3, 0.4) is 0 Å². The second-order valence-corrected chi connectivity index (χ2v) is 6.06. The van der Waals surface area contributed by atoms with Gasteiger partial charge < -0.3 is 14.5 Å². The molecule has 0 fully saturated rings. The van der Waals surface area contributed by atoms with Crippen LogP contribution in [0.25, 0.3) is 16.6 Å². The molecule has 0 spiro atoms. The number of benzene rings is 1. The van der Waals surface area contributed by atoms with Gasteiger partial charge in [-0.2, -0.15) is 5.10 Å². The van der Waals surface area contributed by atoms with Crippen molar-refractivity contribution in [1.82, 2.24) is 19.9 Å². The molecule has 4 rings (SSSR count). The van der Waals surface area contributed by atoms with E-state index in [4.69, 9.17) is 9.15 Å². The van der Waals surface area contributed by atoms with E-state index in [1.807, 2.05) is 13.0 Å². The minimum atomic E-state index is -0.467. The van der Waals surface area contributed by atoms with Crippen LogP contribution in [0.5, 0.6) is 0 Å². The van der Waals surface area contributed by atoms with E-state index < -0.39 is 5.97 Å². The molecule has 0 saturated carbocycles. The Kier molecular flexibility index (Phi) is 4.08. The zero-order chi connectivity index (χ0) is 19.0. The van der Waals surface area contributed by atoms with Crippen molar-refractivity contribution in [1.29, 1.82) is 0 Å². The number of carbonyl (C=O) groups is 2. The number of ether oxygens (including phenoxy) is 1. The molecule has 0 atom stereocenters. The van der Waals surface area contributed by atoms with E-state index in [0.717, 1.165) is 10.9 Å². The van der Waals surface area contributed by atoms with Crippen LogP contribution in [0.2, 0.25) is 0 Å². The molecule has 0 aliphatic rings. The summed E-state index contributed by atoms with van der Waals surface area (Å²) in [6.45, 7) is 2.05. The highest BCUT2D eigenvalue weighted by Gasteiger charge is 2.17. The van der Waals surface area contributed by atoms with Crippen molar-refractivity contribution in [3.8, 4) is 0 Å². The Balaban J connectivity index is 1.59. The number of hydrogen-bond acceptors (Lipinski definition) is 6. The number of fused-ring (bicyclic) bond motifs is 2. The molecule has 0 unspecified atom stereocenters. The fraction of sp³-hybridized carbons (Fsp3) is 0.158. The van der Waals surface area contributed by atoms with E-state index in [1.165, 1.54) is 17.8 Å².